The maximum Gasteiger partial charge on any atom is 0.416 e. The van der Waals surface area contributed by atoms with Gasteiger partial charge in [0.25, 0.3) is 5.56 Å². The standard InChI is InChI=1S/C7H4ClN3O3/c8-6-9-3-1-2-11(7(13)14)4(3)5(12)10-6/h1-2H,(H,13,14)(H,9,10,12). The highest BCUT2D eigenvalue weighted by molar-refractivity contribution is 6.28. The molecule has 2 heterocycles. The molecule has 0 aliphatic rings. The highest BCUT2D eigenvalue weighted by atomic mass is 35.5. The number of fused-ring (bicyclic) bond motifs is 1. The van der Waals surface area contributed by atoms with Gasteiger partial charge in [0.15, 0.2) is 0 Å². The van der Waals surface area contributed by atoms with E-state index in [4.69, 9.17) is 16.7 Å². The molecule has 7 heteroatoms. The molecule has 2 aromatic rings. The molecule has 0 aliphatic heterocycles. The number of halogens is 1. The summed E-state index contributed by atoms with van der Waals surface area (Å²) < 4.78 is 0.789. The zero-order chi connectivity index (χ0) is 10.3. The third-order valence-corrected chi connectivity index (χ3v) is 1.90. The molecule has 0 amide bonds. The second kappa shape index (κ2) is 2.85. The monoisotopic (exact) mass is 213 g/mol. The molecule has 0 fully saturated rings. The summed E-state index contributed by atoms with van der Waals surface area (Å²) in [6.45, 7) is 0. The van der Waals surface area contributed by atoms with Crippen molar-refractivity contribution in [3.8, 4) is 0 Å². The number of hydrogen-bond donors (Lipinski definition) is 2. The third-order valence-electron chi connectivity index (χ3n) is 1.72. The molecule has 0 aromatic carbocycles. The molecule has 0 aliphatic carbocycles. The molecule has 0 saturated heterocycles. The minimum Gasteiger partial charge on any atom is -0.464 e. The molecular weight excluding hydrogens is 210 g/mol. The average Bonchev–Trinajstić information content (AvgIpc) is 2.47. The van der Waals surface area contributed by atoms with E-state index < -0.39 is 11.7 Å². The van der Waals surface area contributed by atoms with Crippen molar-refractivity contribution in [1.29, 1.82) is 0 Å². The zero-order valence-electron chi connectivity index (χ0n) is 6.69. The van der Waals surface area contributed by atoms with Crippen LogP contribution in [0.2, 0.25) is 5.28 Å². The largest absolute Gasteiger partial charge is 0.464 e. The number of aromatic amines is 1. The van der Waals surface area contributed by atoms with Gasteiger partial charge in [-0.15, -0.1) is 0 Å². The fourth-order valence-electron chi connectivity index (χ4n) is 1.18. The Morgan fingerprint density at radius 3 is 3.00 bits per heavy atom. The molecule has 0 unspecified atom stereocenters. The number of rotatable bonds is 0. The number of carbonyl (C=O) groups is 1. The van der Waals surface area contributed by atoms with Gasteiger partial charge in [0.05, 0.1) is 5.52 Å². The van der Waals surface area contributed by atoms with Crippen molar-refractivity contribution < 1.29 is 9.90 Å². The molecule has 0 saturated carbocycles. The fraction of sp³-hybridized carbons (Fsp3) is 0. The summed E-state index contributed by atoms with van der Waals surface area (Å²) in [7, 11) is 0. The average molecular weight is 214 g/mol. The lowest BCUT2D eigenvalue weighted by atomic mass is 10.4. The second-order valence-corrected chi connectivity index (χ2v) is 2.92. The van der Waals surface area contributed by atoms with Gasteiger partial charge in [-0.25, -0.2) is 14.3 Å². The van der Waals surface area contributed by atoms with E-state index >= 15 is 0 Å². The molecule has 0 radical (unpaired) electrons. The minimum absolute atomic E-state index is 0.0260. The molecule has 0 spiro atoms. The van der Waals surface area contributed by atoms with Gasteiger partial charge in [-0.3, -0.25) is 9.78 Å². The fourth-order valence-corrected chi connectivity index (χ4v) is 1.36. The van der Waals surface area contributed by atoms with Gasteiger partial charge in [0.1, 0.15) is 5.52 Å². The first-order valence-electron chi connectivity index (χ1n) is 3.60. The minimum atomic E-state index is -1.24. The van der Waals surface area contributed by atoms with Gasteiger partial charge in [-0.2, -0.15) is 0 Å². The molecule has 6 nitrogen and oxygen atoms in total. The normalized spacial score (nSPS) is 10.6. The first-order chi connectivity index (χ1) is 6.59. The lowest BCUT2D eigenvalue weighted by Gasteiger charge is -1.95. The van der Waals surface area contributed by atoms with Crippen LogP contribution in [0.25, 0.3) is 11.0 Å². The van der Waals surface area contributed by atoms with Crippen molar-refractivity contribution in [1.82, 2.24) is 14.5 Å². The van der Waals surface area contributed by atoms with Crippen LogP contribution in [0.3, 0.4) is 0 Å². The van der Waals surface area contributed by atoms with Crippen LogP contribution in [-0.2, 0) is 0 Å². The molecule has 0 atom stereocenters. The van der Waals surface area contributed by atoms with E-state index in [0.717, 1.165) is 4.57 Å². The van der Waals surface area contributed by atoms with Gasteiger partial charge in [-0.05, 0) is 17.7 Å². The summed E-state index contributed by atoms with van der Waals surface area (Å²) in [4.78, 5) is 28.0. The summed E-state index contributed by atoms with van der Waals surface area (Å²) in [5.41, 5.74) is -0.351. The summed E-state index contributed by atoms with van der Waals surface area (Å²) in [5, 5.41) is 8.65. The van der Waals surface area contributed by atoms with Gasteiger partial charge in [0, 0.05) is 6.20 Å². The van der Waals surface area contributed by atoms with Crippen molar-refractivity contribution in [3.63, 3.8) is 0 Å². The summed E-state index contributed by atoms with van der Waals surface area (Å²) in [5.74, 6) is 0. The highest BCUT2D eigenvalue weighted by Gasteiger charge is 2.11. The Balaban J connectivity index is 2.93. The second-order valence-electron chi connectivity index (χ2n) is 2.56. The smallest absolute Gasteiger partial charge is 0.416 e. The predicted molar refractivity (Wildman–Crippen MR) is 48.8 cm³/mol. The Morgan fingerprint density at radius 1 is 1.64 bits per heavy atom. The highest BCUT2D eigenvalue weighted by Crippen LogP contribution is 2.10. The van der Waals surface area contributed by atoms with Crippen molar-refractivity contribution in [2.45, 2.75) is 0 Å². The summed E-state index contributed by atoms with van der Waals surface area (Å²) in [6.07, 6.45) is 0.000545. The molecule has 0 bridgehead atoms. The van der Waals surface area contributed by atoms with E-state index in [0.29, 0.717) is 0 Å². The molecule has 72 valence electrons. The lowest BCUT2D eigenvalue weighted by molar-refractivity contribution is 0.197. The predicted octanol–water partition coefficient (Wildman–Crippen LogP) is 0.904. The maximum absolute atomic E-state index is 11.3. The van der Waals surface area contributed by atoms with Crippen LogP contribution in [-0.4, -0.2) is 25.7 Å². The van der Waals surface area contributed by atoms with E-state index in [1.807, 2.05) is 0 Å². The van der Waals surface area contributed by atoms with Crippen LogP contribution in [0.5, 0.6) is 0 Å². The molecule has 2 aromatic heterocycles. The SMILES string of the molecule is O=C(O)n1ccc2nc(Cl)[nH]c(=O)c21. The number of nitrogens with one attached hydrogen (secondary N) is 1. The van der Waals surface area contributed by atoms with E-state index in [-0.39, 0.29) is 16.3 Å². The molecule has 2 rings (SSSR count). The first-order valence-corrected chi connectivity index (χ1v) is 3.97. The van der Waals surface area contributed by atoms with Crippen LogP contribution in [0.1, 0.15) is 0 Å². The van der Waals surface area contributed by atoms with Crippen molar-refractivity contribution in [2.75, 3.05) is 0 Å². The van der Waals surface area contributed by atoms with Crippen molar-refractivity contribution >= 4 is 28.7 Å². The Morgan fingerprint density at radius 2 is 2.36 bits per heavy atom. The maximum atomic E-state index is 11.3. The van der Waals surface area contributed by atoms with E-state index in [1.54, 1.807) is 0 Å². The van der Waals surface area contributed by atoms with E-state index in [9.17, 15) is 9.59 Å². The number of hydrogen-bond acceptors (Lipinski definition) is 3. The number of aromatic nitrogens is 3. The molecule has 14 heavy (non-hydrogen) atoms. The van der Waals surface area contributed by atoms with E-state index in [2.05, 4.69) is 9.97 Å². The Hall–Kier alpha value is -1.82. The van der Waals surface area contributed by atoms with Crippen LogP contribution in [0.4, 0.5) is 4.79 Å². The Labute approximate surface area is 81.8 Å². The van der Waals surface area contributed by atoms with Gasteiger partial charge < -0.3 is 5.11 Å². The summed E-state index contributed by atoms with van der Waals surface area (Å²) >= 11 is 5.49. The topological polar surface area (TPSA) is 88.0 Å². The molecular formula is C7H4ClN3O3. The van der Waals surface area contributed by atoms with Crippen LogP contribution in [0.15, 0.2) is 17.1 Å². The van der Waals surface area contributed by atoms with Gasteiger partial charge in [-0.1, -0.05) is 0 Å². The van der Waals surface area contributed by atoms with Crippen LogP contribution < -0.4 is 5.56 Å². The Kier molecular flexibility index (Phi) is 1.78. The zero-order valence-corrected chi connectivity index (χ0v) is 7.45. The third kappa shape index (κ3) is 1.16. The number of carboxylic acid groups (broad SMARTS) is 1. The first kappa shape index (κ1) is 8.76. The van der Waals surface area contributed by atoms with Crippen molar-refractivity contribution in [2.24, 2.45) is 0 Å². The summed E-state index contributed by atoms with van der Waals surface area (Å²) in [6, 6.07) is 1.41. The van der Waals surface area contributed by atoms with E-state index in [1.165, 1.54) is 12.3 Å². The van der Waals surface area contributed by atoms with Gasteiger partial charge in [0.2, 0.25) is 5.28 Å². The lowest BCUT2D eigenvalue weighted by Crippen LogP contribution is -2.15. The van der Waals surface area contributed by atoms with Gasteiger partial charge >= 0.3 is 6.09 Å². The molecule has 2 N–H and O–H groups in total. The number of H-pyrrole nitrogens is 1. The van der Waals surface area contributed by atoms with Crippen molar-refractivity contribution in [3.05, 3.63) is 27.9 Å². The quantitative estimate of drug-likeness (QED) is 0.637. The number of nitrogens with zero attached hydrogens (tertiary/aromatic N) is 2. The van der Waals surface area contributed by atoms with Crippen LogP contribution >= 0.6 is 11.6 Å². The van der Waals surface area contributed by atoms with Crippen LogP contribution in [0, 0.1) is 0 Å². The Bertz CT molecular complexity index is 571.